The van der Waals surface area contributed by atoms with Gasteiger partial charge in [0.2, 0.25) is 0 Å². The third kappa shape index (κ3) is 5.93. The molecule has 0 rings (SSSR count). The fourth-order valence-electron chi connectivity index (χ4n) is 0.289. The Kier molecular flexibility index (Phi) is 5.03. The molecule has 0 saturated carbocycles. The molecule has 3 heteroatoms. The SMILES string of the molecule is CC(C)P/C=C\NN. The highest BCUT2D eigenvalue weighted by Gasteiger charge is 1.84. The summed E-state index contributed by atoms with van der Waals surface area (Å²) in [5.74, 6) is 7.03. The van der Waals surface area contributed by atoms with E-state index in [1.165, 1.54) is 0 Å². The summed E-state index contributed by atoms with van der Waals surface area (Å²) in [5, 5.41) is 0. The van der Waals surface area contributed by atoms with Crippen molar-refractivity contribution in [3.63, 3.8) is 0 Å². The van der Waals surface area contributed by atoms with Crippen LogP contribution in [0.3, 0.4) is 0 Å². The lowest BCUT2D eigenvalue weighted by atomic mass is 10.6. The Morgan fingerprint density at radius 2 is 2.25 bits per heavy atom. The molecule has 8 heavy (non-hydrogen) atoms. The molecule has 0 aromatic carbocycles. The molecule has 0 fully saturated rings. The average molecular weight is 132 g/mol. The Morgan fingerprint density at radius 1 is 1.62 bits per heavy atom. The van der Waals surface area contributed by atoms with Crippen molar-refractivity contribution in [2.75, 3.05) is 0 Å². The van der Waals surface area contributed by atoms with Crippen LogP contribution in [0.4, 0.5) is 0 Å². The summed E-state index contributed by atoms with van der Waals surface area (Å²) in [6.45, 7) is 4.36. The van der Waals surface area contributed by atoms with E-state index in [4.69, 9.17) is 5.84 Å². The van der Waals surface area contributed by atoms with Gasteiger partial charge in [0.25, 0.3) is 0 Å². The van der Waals surface area contributed by atoms with Crippen molar-refractivity contribution >= 4 is 8.58 Å². The molecule has 0 bridgehead atoms. The molecular weight excluding hydrogens is 119 g/mol. The van der Waals surface area contributed by atoms with E-state index in [1.807, 2.05) is 5.82 Å². The first-order valence-electron chi connectivity index (χ1n) is 2.64. The summed E-state index contributed by atoms with van der Waals surface area (Å²) in [7, 11) is 0.872. The number of hydrogen-bond acceptors (Lipinski definition) is 2. The Hall–Kier alpha value is -0.0700. The highest BCUT2D eigenvalue weighted by molar-refractivity contribution is 7.42. The molecule has 0 spiro atoms. The van der Waals surface area contributed by atoms with E-state index >= 15 is 0 Å². The maximum Gasteiger partial charge on any atom is 0.0125 e. The first-order chi connectivity index (χ1) is 3.77. The highest BCUT2D eigenvalue weighted by Crippen LogP contribution is 2.17. The Balaban J connectivity index is 3.03. The van der Waals surface area contributed by atoms with Gasteiger partial charge in [0, 0.05) is 6.20 Å². The van der Waals surface area contributed by atoms with Gasteiger partial charge in [-0.3, -0.25) is 5.84 Å². The highest BCUT2D eigenvalue weighted by atomic mass is 31.1. The molecule has 0 amide bonds. The molecule has 0 radical (unpaired) electrons. The zero-order chi connectivity index (χ0) is 6.41. The second kappa shape index (κ2) is 5.07. The molecule has 1 unspecified atom stereocenters. The first-order valence-corrected chi connectivity index (χ1v) is 3.80. The van der Waals surface area contributed by atoms with Crippen LogP contribution in [0.5, 0.6) is 0 Å². The van der Waals surface area contributed by atoms with Crippen LogP contribution in [0.2, 0.25) is 0 Å². The summed E-state index contributed by atoms with van der Waals surface area (Å²) >= 11 is 0. The maximum absolute atomic E-state index is 4.98. The van der Waals surface area contributed by atoms with E-state index in [0.29, 0.717) is 0 Å². The Bertz CT molecular complexity index is 70.8. The minimum absolute atomic E-state index is 0.750. The van der Waals surface area contributed by atoms with Crippen LogP contribution in [0, 0.1) is 0 Å². The predicted molar refractivity (Wildman–Crippen MR) is 39.9 cm³/mol. The van der Waals surface area contributed by atoms with E-state index in [0.717, 1.165) is 14.2 Å². The van der Waals surface area contributed by atoms with Crippen LogP contribution in [-0.2, 0) is 0 Å². The molecule has 0 aliphatic carbocycles. The van der Waals surface area contributed by atoms with Crippen LogP contribution >= 0.6 is 8.58 Å². The Morgan fingerprint density at radius 3 is 2.62 bits per heavy atom. The van der Waals surface area contributed by atoms with Crippen LogP contribution in [-0.4, -0.2) is 5.66 Å². The van der Waals surface area contributed by atoms with Gasteiger partial charge in [-0.25, -0.2) is 0 Å². The molecule has 1 atom stereocenters. The molecule has 0 aromatic heterocycles. The van der Waals surface area contributed by atoms with Crippen molar-refractivity contribution in [3.8, 4) is 0 Å². The standard InChI is InChI=1S/C5H13N2P/c1-5(2)8-4-3-7-6/h3-5,7-8H,6H2,1-2H3/b4-3-. The number of hydrazine groups is 1. The van der Waals surface area contributed by atoms with Crippen molar-refractivity contribution in [2.24, 2.45) is 5.84 Å². The van der Waals surface area contributed by atoms with Gasteiger partial charge < -0.3 is 5.43 Å². The zero-order valence-electron chi connectivity index (χ0n) is 5.31. The number of nitrogens with one attached hydrogen (secondary N) is 1. The summed E-state index contributed by atoms with van der Waals surface area (Å²) in [4.78, 5) is 0. The monoisotopic (exact) mass is 132 g/mol. The van der Waals surface area contributed by atoms with E-state index in [1.54, 1.807) is 6.20 Å². The molecule has 0 heterocycles. The lowest BCUT2D eigenvalue weighted by Gasteiger charge is -1.95. The molecule has 0 aliphatic rings. The molecule has 3 N–H and O–H groups in total. The third-order valence-electron chi connectivity index (χ3n) is 0.609. The van der Waals surface area contributed by atoms with Gasteiger partial charge in [0.1, 0.15) is 0 Å². The van der Waals surface area contributed by atoms with Gasteiger partial charge in [0.15, 0.2) is 0 Å². The van der Waals surface area contributed by atoms with Gasteiger partial charge in [-0.05, 0) is 11.5 Å². The van der Waals surface area contributed by atoms with Gasteiger partial charge in [-0.1, -0.05) is 22.4 Å². The number of hydrogen-bond donors (Lipinski definition) is 2. The van der Waals surface area contributed by atoms with Crippen LogP contribution in [0.15, 0.2) is 12.0 Å². The third-order valence-corrected chi connectivity index (χ3v) is 1.63. The van der Waals surface area contributed by atoms with E-state index in [9.17, 15) is 0 Å². The second-order valence-electron chi connectivity index (χ2n) is 1.82. The van der Waals surface area contributed by atoms with Crippen LogP contribution in [0.1, 0.15) is 13.8 Å². The topological polar surface area (TPSA) is 38.0 Å². The van der Waals surface area contributed by atoms with E-state index in [-0.39, 0.29) is 0 Å². The molecule has 0 aromatic rings. The fraction of sp³-hybridized carbons (Fsp3) is 0.600. The molecule has 2 nitrogen and oxygen atoms in total. The van der Waals surface area contributed by atoms with Gasteiger partial charge in [-0.2, -0.15) is 0 Å². The van der Waals surface area contributed by atoms with Crippen molar-refractivity contribution in [2.45, 2.75) is 19.5 Å². The summed E-state index contributed by atoms with van der Waals surface area (Å²) in [5.41, 5.74) is 3.20. The average Bonchev–Trinajstić information content (AvgIpc) is 1.66. The molecular formula is C5H13N2P. The van der Waals surface area contributed by atoms with E-state index in [2.05, 4.69) is 19.3 Å². The van der Waals surface area contributed by atoms with Gasteiger partial charge in [-0.15, -0.1) is 0 Å². The van der Waals surface area contributed by atoms with Crippen molar-refractivity contribution in [3.05, 3.63) is 12.0 Å². The number of rotatable bonds is 3. The van der Waals surface area contributed by atoms with Gasteiger partial charge in [0.05, 0.1) is 0 Å². The van der Waals surface area contributed by atoms with Crippen molar-refractivity contribution in [1.29, 1.82) is 0 Å². The molecule has 48 valence electrons. The largest absolute Gasteiger partial charge is 0.331 e. The normalized spacial score (nSPS) is 12.5. The summed E-state index contributed by atoms with van der Waals surface area (Å²) in [6.07, 6.45) is 1.76. The summed E-state index contributed by atoms with van der Waals surface area (Å²) in [6, 6.07) is 0. The van der Waals surface area contributed by atoms with Crippen LogP contribution in [0.25, 0.3) is 0 Å². The van der Waals surface area contributed by atoms with Crippen molar-refractivity contribution < 1.29 is 0 Å². The smallest absolute Gasteiger partial charge is 0.0125 e. The zero-order valence-corrected chi connectivity index (χ0v) is 6.31. The Labute approximate surface area is 52.3 Å². The fourth-order valence-corrected chi connectivity index (χ4v) is 0.866. The lowest BCUT2D eigenvalue weighted by molar-refractivity contribution is 0.970. The first kappa shape index (κ1) is 7.93. The minimum atomic E-state index is 0.750. The van der Waals surface area contributed by atoms with Crippen LogP contribution < -0.4 is 11.3 Å². The summed E-state index contributed by atoms with van der Waals surface area (Å²) < 4.78 is 0. The second-order valence-corrected chi connectivity index (χ2v) is 3.64. The minimum Gasteiger partial charge on any atom is -0.331 e. The molecule has 0 aliphatic heterocycles. The van der Waals surface area contributed by atoms with Crippen molar-refractivity contribution in [1.82, 2.24) is 5.43 Å². The number of nitrogens with two attached hydrogens (primary N) is 1. The quantitative estimate of drug-likeness (QED) is 0.341. The van der Waals surface area contributed by atoms with E-state index < -0.39 is 0 Å². The lowest BCUT2D eigenvalue weighted by Crippen LogP contribution is -2.12. The molecule has 0 saturated heterocycles. The maximum atomic E-state index is 4.98. The van der Waals surface area contributed by atoms with Gasteiger partial charge >= 0.3 is 0 Å². The predicted octanol–water partition coefficient (Wildman–Crippen LogP) is 1.01.